The van der Waals surface area contributed by atoms with Gasteiger partial charge in [-0.25, -0.2) is 0 Å². The molecule has 0 atom stereocenters. The summed E-state index contributed by atoms with van der Waals surface area (Å²) >= 11 is 3.55. The Labute approximate surface area is 189 Å². The molecule has 1 aliphatic heterocycles. The normalized spacial score (nSPS) is 14.3. The van der Waals surface area contributed by atoms with E-state index in [9.17, 15) is 10.1 Å². The van der Waals surface area contributed by atoms with Crippen LogP contribution < -0.4 is 4.74 Å². The van der Waals surface area contributed by atoms with Crippen molar-refractivity contribution in [3.05, 3.63) is 81.8 Å². The van der Waals surface area contributed by atoms with Crippen LogP contribution >= 0.6 is 15.9 Å². The van der Waals surface area contributed by atoms with E-state index in [2.05, 4.69) is 40.2 Å². The van der Waals surface area contributed by atoms with E-state index >= 15 is 0 Å². The molecule has 156 valence electrons. The Morgan fingerprint density at radius 3 is 2.68 bits per heavy atom. The van der Waals surface area contributed by atoms with Crippen LogP contribution in [0.2, 0.25) is 0 Å². The molecule has 0 radical (unpaired) electrons. The molecule has 0 N–H and O–H groups in total. The van der Waals surface area contributed by atoms with Crippen LogP contribution in [-0.2, 0) is 16.1 Å². The first-order valence-corrected chi connectivity index (χ1v) is 10.8. The Kier molecular flexibility index (Phi) is 6.66. The van der Waals surface area contributed by atoms with Gasteiger partial charge in [0, 0.05) is 13.1 Å². The summed E-state index contributed by atoms with van der Waals surface area (Å²) in [6.07, 6.45) is 1.61. The van der Waals surface area contributed by atoms with Crippen molar-refractivity contribution in [3.63, 3.8) is 0 Å². The lowest BCUT2D eigenvalue weighted by molar-refractivity contribution is -0.130. The second kappa shape index (κ2) is 9.78. The molecule has 0 unspecified atom stereocenters. The molecule has 0 bridgehead atoms. The van der Waals surface area contributed by atoms with Crippen molar-refractivity contribution in [2.24, 2.45) is 0 Å². The SMILES string of the molecule is N#CC(=Cc1ccc(OCc2cccc3ccccc23)c(Br)c1)C(=O)N1CCOCC1. The Bertz CT molecular complexity index is 1170. The minimum Gasteiger partial charge on any atom is -0.488 e. The average Bonchev–Trinajstić information content (AvgIpc) is 2.82. The fourth-order valence-electron chi connectivity index (χ4n) is 3.54. The van der Waals surface area contributed by atoms with E-state index in [1.165, 1.54) is 10.8 Å². The van der Waals surface area contributed by atoms with Crippen LogP contribution in [-0.4, -0.2) is 37.1 Å². The molecular formula is C25H21BrN2O3. The molecule has 5 nitrogen and oxygen atoms in total. The quantitative estimate of drug-likeness (QED) is 0.386. The summed E-state index contributed by atoms with van der Waals surface area (Å²) in [5.74, 6) is 0.432. The smallest absolute Gasteiger partial charge is 0.264 e. The van der Waals surface area contributed by atoms with Crippen LogP contribution in [0.4, 0.5) is 0 Å². The summed E-state index contributed by atoms with van der Waals surface area (Å²) in [5.41, 5.74) is 1.97. The third-order valence-corrected chi connectivity index (χ3v) is 5.80. The van der Waals surface area contributed by atoms with E-state index in [0.717, 1.165) is 15.6 Å². The number of hydrogen-bond acceptors (Lipinski definition) is 4. The monoisotopic (exact) mass is 476 g/mol. The maximum atomic E-state index is 12.6. The number of hydrogen-bond donors (Lipinski definition) is 0. The molecule has 6 heteroatoms. The number of morpholine rings is 1. The highest BCUT2D eigenvalue weighted by molar-refractivity contribution is 9.10. The molecule has 4 rings (SSSR count). The summed E-state index contributed by atoms with van der Waals surface area (Å²) in [6, 6.07) is 21.9. The summed E-state index contributed by atoms with van der Waals surface area (Å²) < 4.78 is 12.1. The second-order valence-electron chi connectivity index (χ2n) is 7.19. The van der Waals surface area contributed by atoms with Crippen molar-refractivity contribution in [1.82, 2.24) is 4.90 Å². The molecular weight excluding hydrogens is 456 g/mol. The molecule has 0 saturated carbocycles. The summed E-state index contributed by atoms with van der Waals surface area (Å²) in [7, 11) is 0. The van der Waals surface area contributed by atoms with Gasteiger partial charge in [-0.05, 0) is 56.0 Å². The van der Waals surface area contributed by atoms with E-state index in [-0.39, 0.29) is 11.5 Å². The minimum atomic E-state index is -0.266. The van der Waals surface area contributed by atoms with Gasteiger partial charge in [0.2, 0.25) is 0 Å². The average molecular weight is 477 g/mol. The molecule has 1 amide bonds. The number of nitrogens with zero attached hydrogens (tertiary/aromatic N) is 2. The Balaban J connectivity index is 1.49. The number of ether oxygens (including phenoxy) is 2. The molecule has 31 heavy (non-hydrogen) atoms. The van der Waals surface area contributed by atoms with Crippen LogP contribution in [0.15, 0.2) is 70.7 Å². The van der Waals surface area contributed by atoms with Crippen molar-refractivity contribution < 1.29 is 14.3 Å². The Morgan fingerprint density at radius 2 is 1.90 bits per heavy atom. The minimum absolute atomic E-state index is 0.109. The van der Waals surface area contributed by atoms with Crippen LogP contribution in [0, 0.1) is 11.3 Å². The van der Waals surface area contributed by atoms with E-state index in [0.29, 0.717) is 38.7 Å². The molecule has 3 aromatic rings. The first-order chi connectivity index (χ1) is 15.2. The van der Waals surface area contributed by atoms with E-state index < -0.39 is 0 Å². The molecule has 1 aliphatic rings. The van der Waals surface area contributed by atoms with Gasteiger partial charge >= 0.3 is 0 Å². The van der Waals surface area contributed by atoms with Crippen molar-refractivity contribution in [2.45, 2.75) is 6.61 Å². The van der Waals surface area contributed by atoms with Crippen LogP contribution in [0.5, 0.6) is 5.75 Å². The third kappa shape index (κ3) is 4.96. The van der Waals surface area contributed by atoms with Crippen molar-refractivity contribution in [3.8, 4) is 11.8 Å². The topological polar surface area (TPSA) is 62.6 Å². The zero-order chi connectivity index (χ0) is 21.6. The van der Waals surface area contributed by atoms with Gasteiger partial charge in [0.05, 0.1) is 17.7 Å². The number of rotatable bonds is 5. The van der Waals surface area contributed by atoms with Gasteiger partial charge in [-0.3, -0.25) is 4.79 Å². The highest BCUT2D eigenvalue weighted by Gasteiger charge is 2.20. The lowest BCUT2D eigenvalue weighted by Gasteiger charge is -2.26. The number of halogens is 1. The zero-order valence-electron chi connectivity index (χ0n) is 16.9. The fraction of sp³-hybridized carbons (Fsp3) is 0.200. The van der Waals surface area contributed by atoms with Gasteiger partial charge in [-0.2, -0.15) is 5.26 Å². The molecule has 1 fully saturated rings. The number of fused-ring (bicyclic) bond motifs is 1. The molecule has 0 aliphatic carbocycles. The fourth-order valence-corrected chi connectivity index (χ4v) is 4.05. The predicted molar refractivity (Wildman–Crippen MR) is 123 cm³/mol. The molecule has 1 saturated heterocycles. The van der Waals surface area contributed by atoms with E-state index in [1.54, 1.807) is 11.0 Å². The summed E-state index contributed by atoms with van der Waals surface area (Å²) in [6.45, 7) is 2.44. The van der Waals surface area contributed by atoms with Gasteiger partial charge in [0.1, 0.15) is 24.0 Å². The van der Waals surface area contributed by atoms with Crippen LogP contribution in [0.3, 0.4) is 0 Å². The van der Waals surface area contributed by atoms with Crippen LogP contribution in [0.25, 0.3) is 16.8 Å². The Morgan fingerprint density at radius 1 is 1.13 bits per heavy atom. The summed E-state index contributed by atoms with van der Waals surface area (Å²) in [4.78, 5) is 14.2. The third-order valence-electron chi connectivity index (χ3n) is 5.18. The standard InChI is InChI=1S/C25H21BrN2O3/c26-23-15-18(14-21(16-27)25(29)28-10-12-30-13-11-28)8-9-24(23)31-17-20-6-3-5-19-4-1-2-7-22(19)20/h1-9,14-15H,10-13,17H2. The zero-order valence-corrected chi connectivity index (χ0v) is 18.5. The maximum absolute atomic E-state index is 12.6. The number of benzene rings is 3. The van der Waals surface area contributed by atoms with Crippen LogP contribution in [0.1, 0.15) is 11.1 Å². The number of nitriles is 1. The first kappa shape index (κ1) is 21.1. The Hall–Kier alpha value is -3.14. The predicted octanol–water partition coefficient (Wildman–Crippen LogP) is 4.95. The van der Waals surface area contributed by atoms with Gasteiger partial charge in [0.15, 0.2) is 0 Å². The highest BCUT2D eigenvalue weighted by atomic mass is 79.9. The summed E-state index contributed by atoms with van der Waals surface area (Å²) in [5, 5.41) is 11.8. The lowest BCUT2D eigenvalue weighted by Crippen LogP contribution is -2.41. The molecule has 0 aromatic heterocycles. The van der Waals surface area contributed by atoms with Gasteiger partial charge in [0.25, 0.3) is 5.91 Å². The largest absolute Gasteiger partial charge is 0.488 e. The van der Waals surface area contributed by atoms with Crippen molar-refractivity contribution in [1.29, 1.82) is 5.26 Å². The van der Waals surface area contributed by atoms with Crippen molar-refractivity contribution in [2.75, 3.05) is 26.3 Å². The van der Waals surface area contributed by atoms with Gasteiger partial charge in [-0.1, -0.05) is 48.5 Å². The number of carbonyl (C=O) groups is 1. The first-order valence-electron chi connectivity index (χ1n) is 10.0. The maximum Gasteiger partial charge on any atom is 0.264 e. The van der Waals surface area contributed by atoms with Crippen molar-refractivity contribution >= 4 is 38.7 Å². The molecule has 3 aromatic carbocycles. The lowest BCUT2D eigenvalue weighted by atomic mass is 10.1. The van der Waals surface area contributed by atoms with Gasteiger partial charge < -0.3 is 14.4 Å². The van der Waals surface area contributed by atoms with E-state index in [4.69, 9.17) is 9.47 Å². The highest BCUT2D eigenvalue weighted by Crippen LogP contribution is 2.29. The second-order valence-corrected chi connectivity index (χ2v) is 8.05. The number of carbonyl (C=O) groups excluding carboxylic acids is 1. The van der Waals surface area contributed by atoms with Gasteiger partial charge in [-0.15, -0.1) is 0 Å². The van der Waals surface area contributed by atoms with E-state index in [1.807, 2.05) is 42.5 Å². The molecule has 0 spiro atoms. The number of amides is 1. The molecule has 1 heterocycles.